The van der Waals surface area contributed by atoms with Gasteiger partial charge in [0.2, 0.25) is 5.89 Å². The molecular formula is C15H25F3N6O3S. The molecule has 2 heterocycles. The number of hydrogen-bond donors (Lipinski definition) is 2. The Morgan fingerprint density at radius 3 is 2.54 bits per heavy atom. The molecule has 1 fully saturated rings. The third-order valence-electron chi connectivity index (χ3n) is 4.42. The molecule has 1 aliphatic rings. The van der Waals surface area contributed by atoms with Crippen molar-refractivity contribution in [3.8, 4) is 0 Å². The Morgan fingerprint density at radius 2 is 2.00 bits per heavy atom. The van der Waals surface area contributed by atoms with Gasteiger partial charge < -0.3 is 15.2 Å². The Morgan fingerprint density at radius 1 is 1.32 bits per heavy atom. The Bertz CT molecular complexity index is 757. The van der Waals surface area contributed by atoms with E-state index in [9.17, 15) is 21.6 Å². The molecule has 0 aromatic carbocycles. The van der Waals surface area contributed by atoms with Gasteiger partial charge in [-0.15, -0.1) is 0 Å². The molecule has 0 aliphatic carbocycles. The van der Waals surface area contributed by atoms with Gasteiger partial charge in [-0.3, -0.25) is 4.99 Å². The second-order valence-electron chi connectivity index (χ2n) is 6.51. The lowest BCUT2D eigenvalue weighted by Crippen LogP contribution is -2.47. The number of nitrogens with zero attached hydrogens (tertiary/aromatic N) is 4. The predicted octanol–water partition coefficient (Wildman–Crippen LogP) is 1.04. The number of hydrogen-bond acceptors (Lipinski definition) is 6. The second kappa shape index (κ2) is 9.54. The van der Waals surface area contributed by atoms with Gasteiger partial charge in [-0.2, -0.15) is 22.5 Å². The molecule has 160 valence electrons. The van der Waals surface area contributed by atoms with Crippen LogP contribution in [-0.2, 0) is 16.4 Å². The molecule has 2 N–H and O–H groups in total. The van der Waals surface area contributed by atoms with E-state index in [1.165, 1.54) is 0 Å². The maximum Gasteiger partial charge on any atom is 0.511 e. The van der Waals surface area contributed by atoms with E-state index < -0.39 is 15.5 Å². The van der Waals surface area contributed by atoms with E-state index in [0.29, 0.717) is 54.3 Å². The van der Waals surface area contributed by atoms with Crippen LogP contribution in [-0.4, -0.2) is 67.6 Å². The average Bonchev–Trinajstić information content (AvgIpc) is 3.05. The van der Waals surface area contributed by atoms with Crippen LogP contribution in [0.4, 0.5) is 13.2 Å². The Balaban J connectivity index is 1.67. The van der Waals surface area contributed by atoms with Gasteiger partial charge in [-0.25, -0.2) is 8.42 Å². The highest BCUT2D eigenvalue weighted by Gasteiger charge is 2.50. The monoisotopic (exact) mass is 426 g/mol. The van der Waals surface area contributed by atoms with E-state index in [4.69, 9.17) is 4.52 Å². The maximum atomic E-state index is 12.6. The van der Waals surface area contributed by atoms with Crippen LogP contribution in [0, 0.1) is 12.8 Å². The summed E-state index contributed by atoms with van der Waals surface area (Å²) in [5.74, 6) is 1.81. The summed E-state index contributed by atoms with van der Waals surface area (Å²) in [5, 5.41) is 9.97. The first-order chi connectivity index (χ1) is 13.1. The van der Waals surface area contributed by atoms with Crippen molar-refractivity contribution in [2.75, 3.05) is 33.2 Å². The molecule has 0 amide bonds. The lowest BCUT2D eigenvalue weighted by atomic mass is 9.98. The van der Waals surface area contributed by atoms with Crippen LogP contribution in [0.3, 0.4) is 0 Å². The molecule has 1 aromatic rings. The molecule has 0 bridgehead atoms. The van der Waals surface area contributed by atoms with Crippen LogP contribution in [0.2, 0.25) is 0 Å². The zero-order valence-corrected chi connectivity index (χ0v) is 16.6. The third kappa shape index (κ3) is 6.06. The fourth-order valence-electron chi connectivity index (χ4n) is 2.85. The molecule has 0 radical (unpaired) electrons. The number of rotatable bonds is 7. The van der Waals surface area contributed by atoms with Crippen molar-refractivity contribution >= 4 is 16.0 Å². The standard InChI is InChI=1S/C15H25F3N6O3S/c1-11-22-13(27-23-11)4-3-7-20-14(19-2)21-10-12-5-8-24(9-6-12)28(25,26)15(16,17)18/h12H,3-10H2,1-2H3,(H2,19,20,21). The minimum atomic E-state index is -5.25. The van der Waals surface area contributed by atoms with Gasteiger partial charge in [0.15, 0.2) is 11.8 Å². The minimum Gasteiger partial charge on any atom is -0.356 e. The molecule has 9 nitrogen and oxygen atoms in total. The number of piperidine rings is 1. The quantitative estimate of drug-likeness (QED) is 0.380. The van der Waals surface area contributed by atoms with Gasteiger partial charge in [0.25, 0.3) is 0 Å². The molecule has 0 atom stereocenters. The lowest BCUT2D eigenvalue weighted by molar-refractivity contribution is -0.0496. The van der Waals surface area contributed by atoms with Crippen molar-refractivity contribution in [1.29, 1.82) is 0 Å². The van der Waals surface area contributed by atoms with Crippen LogP contribution in [0.15, 0.2) is 9.52 Å². The van der Waals surface area contributed by atoms with Crippen molar-refractivity contribution in [3.05, 3.63) is 11.7 Å². The molecular weight excluding hydrogens is 401 g/mol. The number of aryl methyl sites for hydroxylation is 2. The summed E-state index contributed by atoms with van der Waals surface area (Å²) in [6.45, 7) is 2.61. The zero-order chi connectivity index (χ0) is 20.8. The smallest absolute Gasteiger partial charge is 0.356 e. The largest absolute Gasteiger partial charge is 0.511 e. The predicted molar refractivity (Wildman–Crippen MR) is 96.0 cm³/mol. The van der Waals surface area contributed by atoms with Gasteiger partial charge in [0.1, 0.15) is 0 Å². The number of nitrogens with one attached hydrogen (secondary N) is 2. The van der Waals surface area contributed by atoms with Gasteiger partial charge in [0.05, 0.1) is 0 Å². The molecule has 2 rings (SSSR count). The summed E-state index contributed by atoms with van der Waals surface area (Å²) in [6, 6.07) is 0. The van der Waals surface area contributed by atoms with E-state index in [0.717, 1.165) is 6.42 Å². The first kappa shape index (κ1) is 22.4. The lowest BCUT2D eigenvalue weighted by Gasteiger charge is -2.31. The number of sulfonamides is 1. The van der Waals surface area contributed by atoms with Crippen molar-refractivity contribution in [2.45, 2.75) is 38.1 Å². The first-order valence-corrected chi connectivity index (χ1v) is 10.4. The first-order valence-electron chi connectivity index (χ1n) is 8.93. The minimum absolute atomic E-state index is 0.0691. The molecule has 0 unspecified atom stereocenters. The SMILES string of the molecule is CN=C(NCCCc1nc(C)no1)NCC1CCN(S(=O)(=O)C(F)(F)F)CC1. The fraction of sp³-hybridized carbons (Fsp3) is 0.800. The summed E-state index contributed by atoms with van der Waals surface area (Å²) in [4.78, 5) is 8.21. The van der Waals surface area contributed by atoms with Crippen LogP contribution in [0.1, 0.15) is 31.0 Å². The molecule has 28 heavy (non-hydrogen) atoms. The number of guanidine groups is 1. The van der Waals surface area contributed by atoms with Crippen LogP contribution in [0.5, 0.6) is 0 Å². The van der Waals surface area contributed by atoms with Gasteiger partial charge in [0, 0.05) is 39.6 Å². The summed E-state index contributed by atoms with van der Waals surface area (Å²) >= 11 is 0. The number of alkyl halides is 3. The van der Waals surface area contributed by atoms with Crippen molar-refractivity contribution in [1.82, 2.24) is 25.1 Å². The van der Waals surface area contributed by atoms with E-state index >= 15 is 0 Å². The van der Waals surface area contributed by atoms with Gasteiger partial charge >= 0.3 is 15.5 Å². The Hall–Kier alpha value is -1.89. The zero-order valence-electron chi connectivity index (χ0n) is 15.8. The molecule has 0 saturated carbocycles. The molecule has 0 spiro atoms. The van der Waals surface area contributed by atoms with Crippen LogP contribution >= 0.6 is 0 Å². The summed E-state index contributed by atoms with van der Waals surface area (Å²) < 4.78 is 66.1. The topological polar surface area (TPSA) is 113 Å². The van der Waals surface area contributed by atoms with Gasteiger partial charge in [-0.05, 0) is 32.1 Å². The average molecular weight is 426 g/mol. The Kier molecular flexibility index (Phi) is 7.63. The summed E-state index contributed by atoms with van der Waals surface area (Å²) in [5.41, 5.74) is -5.25. The number of aromatic nitrogens is 2. The highest BCUT2D eigenvalue weighted by molar-refractivity contribution is 7.90. The molecule has 1 aromatic heterocycles. The van der Waals surface area contributed by atoms with Crippen molar-refractivity contribution in [3.63, 3.8) is 0 Å². The summed E-state index contributed by atoms with van der Waals surface area (Å²) in [7, 11) is -3.62. The maximum absolute atomic E-state index is 12.6. The van der Waals surface area contributed by atoms with Gasteiger partial charge in [-0.1, -0.05) is 5.16 Å². The second-order valence-corrected chi connectivity index (χ2v) is 8.44. The van der Waals surface area contributed by atoms with Crippen LogP contribution in [0.25, 0.3) is 0 Å². The van der Waals surface area contributed by atoms with Crippen molar-refractivity contribution in [2.24, 2.45) is 10.9 Å². The normalized spacial score (nSPS) is 17.7. The van der Waals surface area contributed by atoms with Crippen LogP contribution < -0.4 is 10.6 Å². The molecule has 13 heteroatoms. The third-order valence-corrected chi connectivity index (χ3v) is 6.05. The highest BCUT2D eigenvalue weighted by Crippen LogP contribution is 2.30. The number of halogens is 3. The van der Waals surface area contributed by atoms with E-state index in [1.807, 2.05) is 0 Å². The summed E-state index contributed by atoms with van der Waals surface area (Å²) in [6.07, 6.45) is 2.11. The Labute approximate surface area is 161 Å². The van der Waals surface area contributed by atoms with E-state index in [1.54, 1.807) is 14.0 Å². The fourth-order valence-corrected chi connectivity index (χ4v) is 3.83. The molecule has 1 saturated heterocycles. The van der Waals surface area contributed by atoms with Crippen molar-refractivity contribution < 1.29 is 26.1 Å². The van der Waals surface area contributed by atoms with E-state index in [2.05, 4.69) is 25.8 Å². The number of aliphatic imine (C=N–C) groups is 1. The van der Waals surface area contributed by atoms with E-state index in [-0.39, 0.29) is 19.0 Å². The highest BCUT2D eigenvalue weighted by atomic mass is 32.2. The molecule has 1 aliphatic heterocycles.